The third kappa shape index (κ3) is 5.28. The average molecular weight is 659 g/mol. The minimum atomic E-state index is -4.79. The molecule has 2 saturated carbocycles. The lowest BCUT2D eigenvalue weighted by molar-refractivity contribution is -0.137. The number of carbonyl (C=O) groups excluding carboxylic acids is 1. The number of amides is 1. The summed E-state index contributed by atoms with van der Waals surface area (Å²) in [5.41, 5.74) is 1.44. The van der Waals surface area contributed by atoms with Gasteiger partial charge in [-0.15, -0.1) is 11.3 Å². The highest BCUT2D eigenvalue weighted by Crippen LogP contribution is 2.47. The van der Waals surface area contributed by atoms with Gasteiger partial charge in [-0.25, -0.2) is 18.4 Å². The number of thiophene rings is 1. The van der Waals surface area contributed by atoms with Crippen LogP contribution in [0.5, 0.6) is 0 Å². The molecule has 1 amide bonds. The van der Waals surface area contributed by atoms with Crippen LogP contribution in [-0.4, -0.2) is 84.7 Å². The van der Waals surface area contributed by atoms with E-state index in [1.807, 2.05) is 12.1 Å². The van der Waals surface area contributed by atoms with E-state index in [2.05, 4.69) is 38.2 Å². The van der Waals surface area contributed by atoms with Gasteiger partial charge in [0.2, 0.25) is 5.95 Å². The first kappa shape index (κ1) is 29.2. The number of piperazine rings is 1. The Bertz CT molecular complexity index is 1790. The largest absolute Gasteiger partial charge is 0.420 e. The van der Waals surface area contributed by atoms with Crippen molar-refractivity contribution < 1.29 is 26.4 Å². The normalized spacial score (nSPS) is 24.9. The Hall–Kier alpha value is -3.23. The number of halogens is 3. The first-order valence-corrected chi connectivity index (χ1v) is 17.9. The maximum absolute atomic E-state index is 14.2. The number of likely N-dealkylation sites (N-methyl/N-ethyl adjacent to an activating group) is 1. The van der Waals surface area contributed by atoms with Crippen LogP contribution in [0.4, 0.5) is 30.5 Å². The molecule has 2 aromatic heterocycles. The van der Waals surface area contributed by atoms with Crippen molar-refractivity contribution in [3.8, 4) is 10.6 Å². The van der Waals surface area contributed by atoms with Crippen molar-refractivity contribution in [3.63, 3.8) is 0 Å². The number of aromatic nitrogens is 2. The van der Waals surface area contributed by atoms with E-state index in [0.717, 1.165) is 73.2 Å². The number of hydrogen-bond donors (Lipinski definition) is 1. The maximum Gasteiger partial charge on any atom is 0.420 e. The van der Waals surface area contributed by atoms with Gasteiger partial charge in [-0.05, 0) is 81.3 Å². The molecule has 1 aromatic carbocycles. The molecule has 5 heterocycles. The molecule has 2 bridgehead atoms. The number of nitrogens with one attached hydrogen (secondary N) is 1. The van der Waals surface area contributed by atoms with Crippen LogP contribution in [0, 0.1) is 0 Å². The topological polar surface area (TPSA) is 98.7 Å². The van der Waals surface area contributed by atoms with Crippen LogP contribution >= 0.6 is 11.3 Å². The fraction of sp³-hybridized carbons (Fsp3) is 0.516. The highest BCUT2D eigenvalue weighted by molar-refractivity contribution is 7.91. The molecule has 2 atom stereocenters. The van der Waals surface area contributed by atoms with Crippen molar-refractivity contribution in [3.05, 3.63) is 46.5 Å². The van der Waals surface area contributed by atoms with Crippen molar-refractivity contribution in [1.29, 1.82) is 0 Å². The fourth-order valence-corrected chi connectivity index (χ4v) is 9.96. The highest BCUT2D eigenvalue weighted by atomic mass is 32.2. The quantitative estimate of drug-likeness (QED) is 0.370. The van der Waals surface area contributed by atoms with Crippen LogP contribution < -0.4 is 10.2 Å². The van der Waals surface area contributed by atoms with Crippen LogP contribution in [0.2, 0.25) is 0 Å². The molecule has 5 aliphatic rings. The Kier molecular flexibility index (Phi) is 6.74. The molecule has 0 spiro atoms. The van der Waals surface area contributed by atoms with Gasteiger partial charge in [0.15, 0.2) is 9.84 Å². The number of rotatable bonds is 6. The van der Waals surface area contributed by atoms with Crippen molar-refractivity contribution in [2.24, 2.45) is 0 Å². The summed E-state index contributed by atoms with van der Waals surface area (Å²) < 4.78 is 68.9. The number of sulfone groups is 1. The molecule has 14 heteroatoms. The third-order valence-corrected chi connectivity index (χ3v) is 12.9. The highest BCUT2D eigenvalue weighted by Gasteiger charge is 2.42. The van der Waals surface area contributed by atoms with Gasteiger partial charge in [0.05, 0.1) is 21.2 Å². The fourth-order valence-electron chi connectivity index (χ4n) is 7.04. The van der Waals surface area contributed by atoms with Gasteiger partial charge in [-0.2, -0.15) is 13.2 Å². The van der Waals surface area contributed by atoms with E-state index in [9.17, 15) is 26.4 Å². The second-order valence-corrected chi connectivity index (χ2v) is 16.1. The predicted octanol–water partition coefficient (Wildman–Crippen LogP) is 5.52. The Morgan fingerprint density at radius 2 is 1.71 bits per heavy atom. The summed E-state index contributed by atoms with van der Waals surface area (Å²) in [6.07, 6.45) is 1.99. The number of nitrogens with zero attached hydrogens (tertiary/aromatic N) is 5. The van der Waals surface area contributed by atoms with Gasteiger partial charge in [-0.3, -0.25) is 9.69 Å². The predicted molar refractivity (Wildman–Crippen MR) is 165 cm³/mol. The van der Waals surface area contributed by atoms with Crippen LogP contribution in [-0.2, 0) is 16.0 Å². The second-order valence-electron chi connectivity index (χ2n) is 12.9. The monoisotopic (exact) mass is 658 g/mol. The van der Waals surface area contributed by atoms with Crippen molar-refractivity contribution >= 4 is 44.4 Å². The zero-order chi connectivity index (χ0) is 31.2. The number of carbonyl (C=O) groups is 1. The molecule has 8 rings (SSSR count). The molecule has 0 radical (unpaired) electrons. The Morgan fingerprint density at radius 3 is 2.38 bits per heavy atom. The van der Waals surface area contributed by atoms with Crippen LogP contribution in [0.25, 0.3) is 10.6 Å². The summed E-state index contributed by atoms with van der Waals surface area (Å²) in [5, 5.41) is 3.17. The van der Waals surface area contributed by atoms with Crippen LogP contribution in [0.1, 0.15) is 65.2 Å². The van der Waals surface area contributed by atoms with Crippen molar-refractivity contribution in [1.82, 2.24) is 19.8 Å². The van der Waals surface area contributed by atoms with Gasteiger partial charge < -0.3 is 15.1 Å². The molecule has 45 heavy (non-hydrogen) atoms. The standard InChI is InChI=1S/C31H33F3N6O3S2/c1-38-20-6-7-21(38)16-39(15-20)19-8-9-24(22(12-19)17-2-3-17)36-30-35-14-23(31(32,33)34)27(37-30)25-13-26-28(44-25)29(41)40(18-4-5-18)10-11-45(26,42)43/h8-9,12-14,17-18,20-21H,2-7,10-11,15-16H2,1H3,(H,35,36,37)/t20-,21+. The average Bonchev–Trinajstić information content (AvgIpc) is 3.93. The minimum absolute atomic E-state index is 0.0248. The third-order valence-electron chi connectivity index (χ3n) is 9.92. The maximum atomic E-state index is 14.2. The first-order chi connectivity index (χ1) is 21.5. The Balaban J connectivity index is 1.14. The van der Waals surface area contributed by atoms with Crippen LogP contribution in [0.15, 0.2) is 35.4 Å². The van der Waals surface area contributed by atoms with Crippen LogP contribution in [0.3, 0.4) is 0 Å². The zero-order valence-corrected chi connectivity index (χ0v) is 26.3. The van der Waals surface area contributed by atoms with Crippen molar-refractivity contribution in [2.75, 3.05) is 42.7 Å². The van der Waals surface area contributed by atoms with Gasteiger partial charge in [0, 0.05) is 55.3 Å². The van der Waals surface area contributed by atoms with E-state index in [1.165, 1.54) is 23.8 Å². The van der Waals surface area contributed by atoms with E-state index in [-0.39, 0.29) is 38.9 Å². The smallest absolute Gasteiger partial charge is 0.368 e. The molecular weight excluding hydrogens is 626 g/mol. The molecular formula is C31H33F3N6O3S2. The first-order valence-electron chi connectivity index (χ1n) is 15.5. The number of alkyl halides is 3. The molecule has 4 fully saturated rings. The number of benzene rings is 1. The molecule has 2 aliphatic carbocycles. The van der Waals surface area contributed by atoms with Crippen molar-refractivity contribution in [2.45, 2.75) is 73.6 Å². The molecule has 0 unspecified atom stereocenters. The van der Waals surface area contributed by atoms with E-state index in [1.54, 1.807) is 0 Å². The Labute approximate surface area is 263 Å². The lowest BCUT2D eigenvalue weighted by Gasteiger charge is -2.40. The molecule has 238 valence electrons. The van der Waals surface area contributed by atoms with E-state index in [4.69, 9.17) is 0 Å². The van der Waals surface area contributed by atoms with Gasteiger partial charge in [0.1, 0.15) is 10.4 Å². The lowest BCUT2D eigenvalue weighted by atomic mass is 10.1. The second kappa shape index (κ2) is 10.4. The molecule has 3 aromatic rings. The lowest BCUT2D eigenvalue weighted by Crippen LogP contribution is -2.52. The Morgan fingerprint density at radius 1 is 1.00 bits per heavy atom. The summed E-state index contributed by atoms with van der Waals surface area (Å²) in [6, 6.07) is 8.42. The summed E-state index contributed by atoms with van der Waals surface area (Å²) in [6.45, 7) is 2.02. The number of anilines is 3. The number of fused-ring (bicyclic) bond motifs is 3. The minimum Gasteiger partial charge on any atom is -0.368 e. The summed E-state index contributed by atoms with van der Waals surface area (Å²) in [4.78, 5) is 27.8. The van der Waals surface area contributed by atoms with E-state index >= 15 is 0 Å². The summed E-state index contributed by atoms with van der Waals surface area (Å²) in [5.74, 6) is -0.392. The van der Waals surface area contributed by atoms with E-state index in [0.29, 0.717) is 18.0 Å². The zero-order valence-electron chi connectivity index (χ0n) is 24.7. The summed E-state index contributed by atoms with van der Waals surface area (Å²) in [7, 11) is -1.67. The van der Waals surface area contributed by atoms with E-state index < -0.39 is 33.2 Å². The molecule has 3 aliphatic heterocycles. The summed E-state index contributed by atoms with van der Waals surface area (Å²) >= 11 is 0.750. The SMILES string of the molecule is CN1[C@@H]2CC[C@H]1CN(c1ccc(Nc3ncc(C(F)(F)F)c(-c4cc5c(s4)C(=O)N(C4CC4)CCS5(=O)=O)n3)c(C3CC3)c1)C2. The number of hydrogen-bond acceptors (Lipinski definition) is 9. The molecule has 2 saturated heterocycles. The molecule has 9 nitrogen and oxygen atoms in total. The van der Waals surface area contributed by atoms with Gasteiger partial charge in [0.25, 0.3) is 5.91 Å². The van der Waals surface area contributed by atoms with Gasteiger partial charge in [-0.1, -0.05) is 0 Å². The molecule has 1 N–H and O–H groups in total. The van der Waals surface area contributed by atoms with Gasteiger partial charge >= 0.3 is 6.18 Å².